The minimum Gasteiger partial charge on any atom is -0.529 e. The molecule has 0 saturated heterocycles. The highest BCUT2D eigenvalue weighted by molar-refractivity contribution is 6.10. The number of nitro benzene ring substituents is 1. The standard InChI is InChI=1S/C27H18F3N5O5/c28-27(29,30)26(21-4-1-5-22-20(21)3-2-14-31-22)15-23(32-33-24(26)36)16-6-8-17(9-7-16)34(25(37)38)18-10-12-19(13-11-18)35(39)40/h1-14H,15H2,(H,33,36)(H,37,38)/p-1/t26-/m1/s1. The third kappa shape index (κ3) is 4.36. The molecule has 13 heteroatoms. The summed E-state index contributed by atoms with van der Waals surface area (Å²) < 4.78 is 44.5. The summed E-state index contributed by atoms with van der Waals surface area (Å²) in [5.41, 5.74) is -0.921. The molecule has 0 radical (unpaired) electrons. The zero-order valence-corrected chi connectivity index (χ0v) is 20.3. The van der Waals surface area contributed by atoms with Gasteiger partial charge in [-0.3, -0.25) is 24.8 Å². The second-order valence-electron chi connectivity index (χ2n) is 8.88. The Bertz CT molecular complexity index is 1670. The van der Waals surface area contributed by atoms with Crippen LogP contribution >= 0.6 is 0 Å². The molecular weight excluding hydrogens is 531 g/mol. The number of carbonyl (C=O) groups is 2. The van der Waals surface area contributed by atoms with E-state index < -0.39 is 34.9 Å². The molecule has 1 aliphatic rings. The quantitative estimate of drug-likeness (QED) is 0.290. The highest BCUT2D eigenvalue weighted by Crippen LogP contribution is 2.48. The van der Waals surface area contributed by atoms with E-state index in [1.807, 2.05) is 5.43 Å². The number of hydrogen-bond donors (Lipinski definition) is 1. The van der Waals surface area contributed by atoms with Gasteiger partial charge in [0, 0.05) is 41.5 Å². The van der Waals surface area contributed by atoms with Gasteiger partial charge < -0.3 is 9.90 Å². The molecule has 4 aromatic rings. The number of rotatable bonds is 5. The van der Waals surface area contributed by atoms with Crippen molar-refractivity contribution < 1.29 is 32.8 Å². The fourth-order valence-electron chi connectivity index (χ4n) is 4.71. The van der Waals surface area contributed by atoms with Crippen molar-refractivity contribution in [1.29, 1.82) is 0 Å². The van der Waals surface area contributed by atoms with Gasteiger partial charge in [0.15, 0.2) is 5.41 Å². The fourth-order valence-corrected chi connectivity index (χ4v) is 4.71. The number of carbonyl (C=O) groups excluding carboxylic acids is 2. The molecule has 1 atom stereocenters. The van der Waals surface area contributed by atoms with Gasteiger partial charge in [0.1, 0.15) is 6.09 Å². The van der Waals surface area contributed by atoms with E-state index >= 15 is 0 Å². The maximum Gasteiger partial charge on any atom is 0.407 e. The summed E-state index contributed by atoms with van der Waals surface area (Å²) in [6.45, 7) is 0. The van der Waals surface area contributed by atoms with Crippen molar-refractivity contribution in [3.05, 3.63) is 106 Å². The monoisotopic (exact) mass is 548 g/mol. The first-order chi connectivity index (χ1) is 19.0. The number of aromatic nitrogens is 1. The van der Waals surface area contributed by atoms with Crippen molar-refractivity contribution in [2.75, 3.05) is 4.90 Å². The number of carboxylic acid groups (broad SMARTS) is 1. The molecule has 5 rings (SSSR count). The van der Waals surface area contributed by atoms with E-state index in [-0.39, 0.29) is 39.3 Å². The smallest absolute Gasteiger partial charge is 0.407 e. The van der Waals surface area contributed by atoms with Gasteiger partial charge in [0.2, 0.25) is 0 Å². The van der Waals surface area contributed by atoms with Crippen molar-refractivity contribution in [2.24, 2.45) is 5.10 Å². The maximum absolute atomic E-state index is 14.8. The summed E-state index contributed by atoms with van der Waals surface area (Å²) in [6, 6.07) is 17.2. The van der Waals surface area contributed by atoms with Gasteiger partial charge in [-0.2, -0.15) is 18.3 Å². The molecule has 1 N–H and O–H groups in total. The van der Waals surface area contributed by atoms with Gasteiger partial charge in [-0.1, -0.05) is 30.3 Å². The van der Waals surface area contributed by atoms with Gasteiger partial charge >= 0.3 is 6.18 Å². The number of amides is 2. The van der Waals surface area contributed by atoms with E-state index in [9.17, 15) is 38.0 Å². The van der Waals surface area contributed by atoms with Crippen molar-refractivity contribution in [3.63, 3.8) is 0 Å². The van der Waals surface area contributed by atoms with Gasteiger partial charge in [-0.15, -0.1) is 0 Å². The highest BCUT2D eigenvalue weighted by atomic mass is 19.4. The summed E-state index contributed by atoms with van der Waals surface area (Å²) in [7, 11) is 0. The molecule has 10 nitrogen and oxygen atoms in total. The molecule has 202 valence electrons. The Labute approximate surface area is 223 Å². The zero-order valence-electron chi connectivity index (χ0n) is 20.3. The summed E-state index contributed by atoms with van der Waals surface area (Å²) >= 11 is 0. The topological polar surface area (TPSA) is 141 Å². The summed E-state index contributed by atoms with van der Waals surface area (Å²) in [5, 5.41) is 26.8. The Kier molecular flexibility index (Phi) is 6.42. The van der Waals surface area contributed by atoms with Crippen molar-refractivity contribution in [3.8, 4) is 0 Å². The Morgan fingerprint density at radius 1 is 0.975 bits per heavy atom. The number of alkyl halides is 3. The normalized spacial score (nSPS) is 17.2. The van der Waals surface area contributed by atoms with E-state index in [0.29, 0.717) is 5.52 Å². The van der Waals surface area contributed by atoms with E-state index in [0.717, 1.165) is 17.0 Å². The lowest BCUT2D eigenvalue weighted by Crippen LogP contribution is -2.57. The molecular formula is C27H17F3N5O5-. The van der Waals surface area contributed by atoms with Crippen molar-refractivity contribution >= 4 is 45.7 Å². The Morgan fingerprint density at radius 3 is 2.23 bits per heavy atom. The number of anilines is 2. The predicted molar refractivity (Wildman–Crippen MR) is 136 cm³/mol. The lowest BCUT2D eigenvalue weighted by molar-refractivity contribution is -0.384. The first-order valence-electron chi connectivity index (χ1n) is 11.7. The fraction of sp³-hybridized carbons (Fsp3) is 0.111. The number of nitrogens with one attached hydrogen (secondary N) is 1. The Balaban J connectivity index is 1.53. The molecule has 0 bridgehead atoms. The first-order valence-corrected chi connectivity index (χ1v) is 11.7. The van der Waals surface area contributed by atoms with Crippen LogP contribution in [0.15, 0.2) is 90.2 Å². The van der Waals surface area contributed by atoms with Crippen LogP contribution in [-0.4, -0.2) is 33.8 Å². The predicted octanol–water partition coefficient (Wildman–Crippen LogP) is 4.35. The van der Waals surface area contributed by atoms with Crippen LogP contribution in [-0.2, 0) is 10.2 Å². The Hall–Kier alpha value is -5.33. The van der Waals surface area contributed by atoms with Crippen LogP contribution < -0.4 is 15.4 Å². The largest absolute Gasteiger partial charge is 0.529 e. The van der Waals surface area contributed by atoms with E-state index in [1.165, 1.54) is 66.9 Å². The average molecular weight is 548 g/mol. The van der Waals surface area contributed by atoms with Crippen LogP contribution in [0.4, 0.5) is 35.0 Å². The molecule has 2 amide bonds. The number of hydrazone groups is 1. The van der Waals surface area contributed by atoms with Gasteiger partial charge in [0.25, 0.3) is 11.6 Å². The lowest BCUT2D eigenvalue weighted by Gasteiger charge is -2.37. The second-order valence-corrected chi connectivity index (χ2v) is 8.88. The lowest BCUT2D eigenvalue weighted by atomic mass is 9.71. The van der Waals surface area contributed by atoms with Gasteiger partial charge in [0.05, 0.1) is 16.2 Å². The van der Waals surface area contributed by atoms with Gasteiger partial charge in [-0.25, -0.2) is 5.43 Å². The SMILES string of the molecule is O=C([O-])N(c1ccc(C2=NNC(=O)[C@@](c3cccc4ncccc34)(C(F)(F)F)C2)cc1)c1ccc([N+](=O)[O-])cc1. The van der Waals surface area contributed by atoms with Crippen LogP contribution in [0.1, 0.15) is 17.5 Å². The highest BCUT2D eigenvalue weighted by Gasteiger charge is 2.63. The molecule has 0 aliphatic carbocycles. The number of pyridine rings is 1. The molecule has 0 unspecified atom stereocenters. The number of hydrogen-bond acceptors (Lipinski definition) is 7. The van der Waals surface area contributed by atoms with Crippen LogP contribution in [0.2, 0.25) is 0 Å². The summed E-state index contributed by atoms with van der Waals surface area (Å²) in [6.07, 6.45) is -6.02. The second kappa shape index (κ2) is 9.76. The number of benzene rings is 3. The molecule has 2 heterocycles. The van der Waals surface area contributed by atoms with Crippen LogP contribution in [0.25, 0.3) is 10.9 Å². The van der Waals surface area contributed by atoms with Crippen molar-refractivity contribution in [2.45, 2.75) is 18.0 Å². The number of non-ortho nitro benzene ring substituents is 1. The molecule has 0 spiro atoms. The third-order valence-electron chi connectivity index (χ3n) is 6.66. The zero-order chi connectivity index (χ0) is 28.7. The number of nitro groups is 1. The molecule has 3 aromatic carbocycles. The van der Waals surface area contributed by atoms with E-state index in [1.54, 1.807) is 6.07 Å². The first kappa shape index (κ1) is 26.3. The number of halogens is 3. The molecule has 0 fully saturated rings. The van der Waals surface area contributed by atoms with E-state index in [2.05, 4.69) is 10.1 Å². The molecule has 0 saturated carbocycles. The number of fused-ring (bicyclic) bond motifs is 1. The van der Waals surface area contributed by atoms with Crippen LogP contribution in [0, 0.1) is 10.1 Å². The van der Waals surface area contributed by atoms with Gasteiger partial charge in [-0.05, 0) is 47.5 Å². The summed E-state index contributed by atoms with van der Waals surface area (Å²) in [4.78, 5) is 40.0. The minimum atomic E-state index is -5.01. The maximum atomic E-state index is 14.8. The minimum absolute atomic E-state index is 0.0567. The van der Waals surface area contributed by atoms with Crippen molar-refractivity contribution in [1.82, 2.24) is 10.4 Å². The molecule has 40 heavy (non-hydrogen) atoms. The Morgan fingerprint density at radius 2 is 1.62 bits per heavy atom. The van der Waals surface area contributed by atoms with E-state index in [4.69, 9.17) is 0 Å². The number of nitrogens with zero attached hydrogens (tertiary/aromatic N) is 4. The molecule has 1 aromatic heterocycles. The average Bonchev–Trinajstić information content (AvgIpc) is 2.93. The third-order valence-corrected chi connectivity index (χ3v) is 6.66. The van der Waals surface area contributed by atoms with Crippen LogP contribution in [0.3, 0.4) is 0 Å². The summed E-state index contributed by atoms with van der Waals surface area (Å²) in [5.74, 6) is -1.34. The van der Waals surface area contributed by atoms with Crippen LogP contribution in [0.5, 0.6) is 0 Å². The molecule has 1 aliphatic heterocycles.